The maximum absolute atomic E-state index is 12.1. The van der Waals surface area contributed by atoms with Gasteiger partial charge in [-0.25, -0.2) is 13.1 Å². The minimum absolute atomic E-state index is 0.00151. The molecule has 0 bridgehead atoms. The molecule has 0 aliphatic carbocycles. The van der Waals surface area contributed by atoms with Crippen molar-refractivity contribution in [3.63, 3.8) is 0 Å². The van der Waals surface area contributed by atoms with Crippen LogP contribution in [0.2, 0.25) is 0 Å². The maximum Gasteiger partial charge on any atom is 0.242 e. The van der Waals surface area contributed by atoms with Gasteiger partial charge in [-0.3, -0.25) is 4.79 Å². The lowest BCUT2D eigenvalue weighted by atomic mass is 9.93. The van der Waals surface area contributed by atoms with Gasteiger partial charge in [0.2, 0.25) is 15.9 Å². The van der Waals surface area contributed by atoms with E-state index in [0.29, 0.717) is 0 Å². The third-order valence-corrected chi connectivity index (χ3v) is 4.30. The van der Waals surface area contributed by atoms with Crippen LogP contribution < -0.4 is 16.2 Å². The number of aryl methyl sites for hydroxylation is 1. The highest BCUT2D eigenvalue weighted by atomic mass is 32.2. The molecule has 5 N–H and O–H groups in total. The number of hydrogen-bond acceptors (Lipinski definition) is 4. The van der Waals surface area contributed by atoms with Gasteiger partial charge in [0.05, 0.1) is 11.1 Å². The molecule has 0 saturated carbocycles. The quantitative estimate of drug-likeness (QED) is 0.678. The molecule has 6 nitrogen and oxygen atoms in total. The van der Waals surface area contributed by atoms with Gasteiger partial charge in [-0.05, 0) is 38.5 Å². The van der Waals surface area contributed by atoms with Gasteiger partial charge in [0.15, 0.2) is 0 Å². The Morgan fingerprint density at radius 3 is 2.42 bits per heavy atom. The van der Waals surface area contributed by atoms with E-state index in [-0.39, 0.29) is 17.1 Å². The van der Waals surface area contributed by atoms with Gasteiger partial charge in [-0.1, -0.05) is 6.07 Å². The van der Waals surface area contributed by atoms with Gasteiger partial charge in [0.1, 0.15) is 4.90 Å². The topological polar surface area (TPSA) is 115 Å². The number of nitrogen functional groups attached to an aromatic ring is 1. The van der Waals surface area contributed by atoms with Crippen molar-refractivity contribution < 1.29 is 13.2 Å². The predicted octanol–water partition coefficient (Wildman–Crippen LogP) is 0.367. The fraction of sp³-hybridized carbons (Fsp3) is 0.417. The lowest BCUT2D eigenvalue weighted by Gasteiger charge is -2.21. The van der Waals surface area contributed by atoms with Gasteiger partial charge in [0, 0.05) is 6.54 Å². The summed E-state index contributed by atoms with van der Waals surface area (Å²) in [7, 11) is -3.76. The average molecular weight is 285 g/mol. The molecule has 0 fully saturated rings. The van der Waals surface area contributed by atoms with Gasteiger partial charge in [0.25, 0.3) is 0 Å². The van der Waals surface area contributed by atoms with E-state index in [2.05, 4.69) is 4.72 Å². The molecule has 0 atom stereocenters. The first-order valence-electron chi connectivity index (χ1n) is 5.72. The monoisotopic (exact) mass is 285 g/mol. The molecule has 1 aromatic rings. The van der Waals surface area contributed by atoms with Crippen LogP contribution in [0.1, 0.15) is 19.4 Å². The van der Waals surface area contributed by atoms with Crippen LogP contribution in [0.5, 0.6) is 0 Å². The molecule has 0 aromatic heterocycles. The van der Waals surface area contributed by atoms with E-state index >= 15 is 0 Å². The molecule has 0 radical (unpaired) electrons. The zero-order valence-electron chi connectivity index (χ0n) is 11.2. The van der Waals surface area contributed by atoms with Crippen molar-refractivity contribution in [2.45, 2.75) is 25.7 Å². The number of amides is 1. The van der Waals surface area contributed by atoms with Crippen molar-refractivity contribution in [3.05, 3.63) is 23.8 Å². The third kappa shape index (κ3) is 3.68. The molecule has 1 rings (SSSR count). The van der Waals surface area contributed by atoms with E-state index < -0.39 is 21.3 Å². The number of nitrogens with one attached hydrogen (secondary N) is 1. The Bertz CT molecular complexity index is 594. The van der Waals surface area contributed by atoms with Crippen molar-refractivity contribution in [2.24, 2.45) is 11.1 Å². The van der Waals surface area contributed by atoms with Crippen LogP contribution in [0, 0.1) is 12.3 Å². The minimum atomic E-state index is -3.76. The standard InChI is InChI=1S/C12H19N3O3S/c1-8-4-5-10(9(13)6-8)19(17,18)15-7-12(2,3)11(14)16/h4-6,15H,7,13H2,1-3H3,(H2,14,16). The van der Waals surface area contributed by atoms with Crippen LogP contribution in [-0.2, 0) is 14.8 Å². The average Bonchev–Trinajstić information content (AvgIpc) is 2.26. The second-order valence-electron chi connectivity index (χ2n) is 5.11. The number of primary amides is 1. The van der Waals surface area contributed by atoms with Crippen molar-refractivity contribution in [2.75, 3.05) is 12.3 Å². The molecule has 0 heterocycles. The number of nitrogens with two attached hydrogens (primary N) is 2. The molecule has 0 aliphatic heterocycles. The van der Waals surface area contributed by atoms with E-state index in [1.807, 2.05) is 6.92 Å². The van der Waals surface area contributed by atoms with Crippen molar-refractivity contribution in [1.29, 1.82) is 0 Å². The summed E-state index contributed by atoms with van der Waals surface area (Å²) in [6.07, 6.45) is 0. The van der Waals surface area contributed by atoms with Crippen LogP contribution in [0.25, 0.3) is 0 Å². The second-order valence-corrected chi connectivity index (χ2v) is 6.85. The summed E-state index contributed by atoms with van der Waals surface area (Å²) in [5, 5.41) is 0. The lowest BCUT2D eigenvalue weighted by Crippen LogP contribution is -2.42. The predicted molar refractivity (Wildman–Crippen MR) is 73.8 cm³/mol. The van der Waals surface area contributed by atoms with Crippen LogP contribution in [0.15, 0.2) is 23.1 Å². The number of anilines is 1. The van der Waals surface area contributed by atoms with Crippen LogP contribution in [0.3, 0.4) is 0 Å². The van der Waals surface area contributed by atoms with Gasteiger partial charge < -0.3 is 11.5 Å². The summed E-state index contributed by atoms with van der Waals surface area (Å²) in [5.74, 6) is -0.577. The third-order valence-electron chi connectivity index (χ3n) is 2.83. The van der Waals surface area contributed by atoms with E-state index in [1.54, 1.807) is 26.0 Å². The van der Waals surface area contributed by atoms with Gasteiger partial charge in [-0.2, -0.15) is 0 Å². The zero-order chi connectivity index (χ0) is 14.8. The Labute approximate surface area is 113 Å². The summed E-state index contributed by atoms with van der Waals surface area (Å²) in [4.78, 5) is 11.1. The Morgan fingerprint density at radius 1 is 1.37 bits per heavy atom. The van der Waals surface area contributed by atoms with Gasteiger partial charge >= 0.3 is 0 Å². The first-order valence-corrected chi connectivity index (χ1v) is 7.20. The van der Waals surface area contributed by atoms with Crippen molar-refractivity contribution in [1.82, 2.24) is 4.72 Å². The summed E-state index contributed by atoms with van der Waals surface area (Å²) in [6.45, 7) is 4.86. The van der Waals surface area contributed by atoms with Gasteiger partial charge in [-0.15, -0.1) is 0 Å². The first-order chi connectivity index (χ1) is 8.56. The highest BCUT2D eigenvalue weighted by Crippen LogP contribution is 2.20. The lowest BCUT2D eigenvalue weighted by molar-refractivity contribution is -0.125. The molecular formula is C12H19N3O3S. The molecule has 0 spiro atoms. The molecular weight excluding hydrogens is 266 g/mol. The molecule has 7 heteroatoms. The summed E-state index contributed by atoms with van der Waals surface area (Å²) >= 11 is 0. The Hall–Kier alpha value is -1.60. The molecule has 106 valence electrons. The largest absolute Gasteiger partial charge is 0.398 e. The van der Waals surface area contributed by atoms with E-state index in [9.17, 15) is 13.2 Å². The smallest absolute Gasteiger partial charge is 0.242 e. The zero-order valence-corrected chi connectivity index (χ0v) is 12.0. The molecule has 1 amide bonds. The molecule has 0 saturated heterocycles. The molecule has 1 aromatic carbocycles. The first kappa shape index (κ1) is 15.5. The maximum atomic E-state index is 12.1. The number of benzene rings is 1. The number of carbonyl (C=O) groups is 1. The van der Waals surface area contributed by atoms with Crippen LogP contribution >= 0.6 is 0 Å². The minimum Gasteiger partial charge on any atom is -0.398 e. The van der Waals surface area contributed by atoms with Crippen LogP contribution in [0.4, 0.5) is 5.69 Å². The summed E-state index contributed by atoms with van der Waals surface area (Å²) in [5.41, 5.74) is 11.0. The van der Waals surface area contributed by atoms with E-state index in [1.165, 1.54) is 6.07 Å². The second kappa shape index (κ2) is 5.18. The molecule has 19 heavy (non-hydrogen) atoms. The Kier molecular flexibility index (Phi) is 4.21. The normalized spacial score (nSPS) is 12.4. The van der Waals surface area contributed by atoms with Crippen molar-refractivity contribution >= 4 is 21.6 Å². The SMILES string of the molecule is Cc1ccc(S(=O)(=O)NCC(C)(C)C(N)=O)c(N)c1. The highest BCUT2D eigenvalue weighted by Gasteiger charge is 2.28. The number of carbonyl (C=O) groups excluding carboxylic acids is 1. The summed E-state index contributed by atoms with van der Waals surface area (Å²) < 4.78 is 26.5. The summed E-state index contributed by atoms with van der Waals surface area (Å²) in [6, 6.07) is 4.67. The Balaban J connectivity index is 2.97. The number of hydrogen-bond donors (Lipinski definition) is 3. The fourth-order valence-corrected chi connectivity index (χ4v) is 2.68. The van der Waals surface area contributed by atoms with Crippen molar-refractivity contribution in [3.8, 4) is 0 Å². The highest BCUT2D eigenvalue weighted by molar-refractivity contribution is 7.89. The van der Waals surface area contributed by atoms with Crippen LogP contribution in [-0.4, -0.2) is 20.9 Å². The number of rotatable bonds is 5. The van der Waals surface area contributed by atoms with E-state index in [4.69, 9.17) is 11.5 Å². The molecule has 0 aliphatic rings. The Morgan fingerprint density at radius 2 is 1.95 bits per heavy atom. The molecule has 0 unspecified atom stereocenters. The fourth-order valence-electron chi connectivity index (χ4n) is 1.35. The van der Waals surface area contributed by atoms with E-state index in [0.717, 1.165) is 5.56 Å². The number of sulfonamides is 1.